The van der Waals surface area contributed by atoms with Gasteiger partial charge in [0.05, 0.1) is 13.7 Å². The van der Waals surface area contributed by atoms with Crippen LogP contribution in [0.25, 0.3) is 0 Å². The van der Waals surface area contributed by atoms with E-state index in [1.807, 2.05) is 6.07 Å². The normalized spacial score (nSPS) is 14.8. The summed E-state index contributed by atoms with van der Waals surface area (Å²) in [6.07, 6.45) is 2.66. The van der Waals surface area contributed by atoms with Crippen molar-refractivity contribution in [2.45, 2.75) is 32.9 Å². The van der Waals surface area contributed by atoms with E-state index in [1.165, 1.54) is 18.4 Å². The summed E-state index contributed by atoms with van der Waals surface area (Å²) < 4.78 is 11.1. The number of benzene rings is 1. The van der Waals surface area contributed by atoms with Gasteiger partial charge < -0.3 is 14.8 Å². The maximum Gasteiger partial charge on any atom is 0.124 e. The summed E-state index contributed by atoms with van der Waals surface area (Å²) in [4.78, 5) is 0. The molecule has 1 N–H and O–H groups in total. The number of hydrogen-bond donors (Lipinski definition) is 1. The summed E-state index contributed by atoms with van der Waals surface area (Å²) in [5, 5.41) is 3.33. The van der Waals surface area contributed by atoms with Gasteiger partial charge in [-0.05, 0) is 43.0 Å². The Bertz CT molecular complexity index is 375. The number of ether oxygens (including phenoxy) is 2. The number of nitrogens with one attached hydrogen (secondary N) is 1. The van der Waals surface area contributed by atoms with Crippen molar-refractivity contribution < 1.29 is 9.47 Å². The molecule has 0 atom stereocenters. The third-order valence-electron chi connectivity index (χ3n) is 3.23. The average Bonchev–Trinajstić information content (AvgIpc) is 3.20. The molecular weight excluding hydrogens is 226 g/mol. The van der Waals surface area contributed by atoms with E-state index in [4.69, 9.17) is 9.47 Å². The van der Waals surface area contributed by atoms with Crippen molar-refractivity contribution in [1.82, 2.24) is 5.32 Å². The Hall–Kier alpha value is -1.06. The van der Waals surface area contributed by atoms with Gasteiger partial charge in [-0.2, -0.15) is 0 Å². The Morgan fingerprint density at radius 3 is 2.83 bits per heavy atom. The molecule has 0 unspecified atom stereocenters. The summed E-state index contributed by atoms with van der Waals surface area (Å²) >= 11 is 0. The highest BCUT2D eigenvalue weighted by atomic mass is 16.5. The maximum absolute atomic E-state index is 5.75. The highest BCUT2D eigenvalue weighted by Crippen LogP contribution is 2.29. The minimum Gasteiger partial charge on any atom is -0.496 e. The molecule has 0 bridgehead atoms. The van der Waals surface area contributed by atoms with Crippen LogP contribution >= 0.6 is 0 Å². The highest BCUT2D eigenvalue weighted by molar-refractivity contribution is 5.36. The van der Waals surface area contributed by atoms with E-state index in [2.05, 4.69) is 24.4 Å². The van der Waals surface area contributed by atoms with Crippen molar-refractivity contribution in [3.05, 3.63) is 29.3 Å². The Labute approximate surface area is 109 Å². The van der Waals surface area contributed by atoms with Crippen molar-refractivity contribution >= 4 is 0 Å². The van der Waals surface area contributed by atoms with Gasteiger partial charge in [-0.1, -0.05) is 13.0 Å². The first-order valence-corrected chi connectivity index (χ1v) is 6.77. The summed E-state index contributed by atoms with van der Waals surface area (Å²) in [7, 11) is 1.71. The molecule has 0 spiro atoms. The van der Waals surface area contributed by atoms with Crippen LogP contribution in [-0.2, 0) is 17.9 Å². The Morgan fingerprint density at radius 1 is 1.33 bits per heavy atom. The number of methoxy groups -OCH3 is 1. The molecule has 18 heavy (non-hydrogen) atoms. The van der Waals surface area contributed by atoms with Crippen LogP contribution < -0.4 is 10.1 Å². The van der Waals surface area contributed by atoms with Gasteiger partial charge in [0.2, 0.25) is 0 Å². The largest absolute Gasteiger partial charge is 0.496 e. The van der Waals surface area contributed by atoms with Crippen LogP contribution in [0.15, 0.2) is 18.2 Å². The summed E-state index contributed by atoms with van der Waals surface area (Å²) in [6.45, 7) is 5.54. The lowest BCUT2D eigenvalue weighted by atomic mass is 10.1. The van der Waals surface area contributed by atoms with Crippen LogP contribution in [-0.4, -0.2) is 20.3 Å². The maximum atomic E-state index is 5.75. The molecule has 100 valence electrons. The second-order valence-electron chi connectivity index (χ2n) is 4.89. The third-order valence-corrected chi connectivity index (χ3v) is 3.23. The van der Waals surface area contributed by atoms with Gasteiger partial charge in [0.25, 0.3) is 0 Å². The van der Waals surface area contributed by atoms with Gasteiger partial charge in [0, 0.05) is 18.7 Å². The van der Waals surface area contributed by atoms with Crippen LogP contribution in [0.1, 0.15) is 30.9 Å². The Kier molecular flexibility index (Phi) is 5.02. The smallest absolute Gasteiger partial charge is 0.124 e. The van der Waals surface area contributed by atoms with Gasteiger partial charge in [-0.15, -0.1) is 0 Å². The molecule has 3 heteroatoms. The first kappa shape index (κ1) is 13.4. The summed E-state index contributed by atoms with van der Waals surface area (Å²) in [6, 6.07) is 6.31. The van der Waals surface area contributed by atoms with Gasteiger partial charge in [0.15, 0.2) is 0 Å². The van der Waals surface area contributed by atoms with Gasteiger partial charge in [-0.25, -0.2) is 0 Å². The monoisotopic (exact) mass is 249 g/mol. The molecule has 0 saturated heterocycles. The van der Waals surface area contributed by atoms with Crippen molar-refractivity contribution in [2.24, 2.45) is 5.92 Å². The molecule has 1 saturated carbocycles. The lowest BCUT2D eigenvalue weighted by molar-refractivity contribution is 0.109. The standard InChI is InChI=1S/C15H23NO2/c1-3-16-9-13-6-7-15(17-2)14(8-13)11-18-10-12-4-5-12/h6-8,12,16H,3-5,9-11H2,1-2H3. The Balaban J connectivity index is 1.93. The molecule has 2 rings (SSSR count). The fourth-order valence-electron chi connectivity index (χ4n) is 1.94. The van der Waals surface area contributed by atoms with Crippen molar-refractivity contribution in [3.8, 4) is 5.75 Å². The number of rotatable bonds is 8. The van der Waals surface area contributed by atoms with E-state index in [0.29, 0.717) is 6.61 Å². The fraction of sp³-hybridized carbons (Fsp3) is 0.600. The lowest BCUT2D eigenvalue weighted by Gasteiger charge is -2.11. The van der Waals surface area contributed by atoms with Crippen molar-refractivity contribution in [1.29, 1.82) is 0 Å². The summed E-state index contributed by atoms with van der Waals surface area (Å²) in [5.74, 6) is 1.73. The minimum absolute atomic E-state index is 0.652. The third kappa shape index (κ3) is 4.00. The van der Waals surface area contributed by atoms with E-state index in [9.17, 15) is 0 Å². The zero-order valence-corrected chi connectivity index (χ0v) is 11.4. The molecule has 1 aliphatic carbocycles. The quantitative estimate of drug-likeness (QED) is 0.768. The predicted octanol–water partition coefficient (Wildman–Crippen LogP) is 2.73. The molecule has 0 aliphatic heterocycles. The van der Waals surface area contributed by atoms with Crippen LogP contribution in [0.2, 0.25) is 0 Å². The second kappa shape index (κ2) is 6.76. The zero-order valence-electron chi connectivity index (χ0n) is 11.4. The highest BCUT2D eigenvalue weighted by Gasteiger charge is 2.21. The molecule has 0 heterocycles. The zero-order chi connectivity index (χ0) is 12.8. The van der Waals surface area contributed by atoms with Crippen LogP contribution in [0.5, 0.6) is 5.75 Å². The molecular formula is C15H23NO2. The molecule has 1 fully saturated rings. The van der Waals surface area contributed by atoms with E-state index >= 15 is 0 Å². The van der Waals surface area contributed by atoms with E-state index in [0.717, 1.165) is 36.9 Å². The first-order valence-electron chi connectivity index (χ1n) is 6.77. The van der Waals surface area contributed by atoms with E-state index in [-0.39, 0.29) is 0 Å². The SMILES string of the molecule is CCNCc1ccc(OC)c(COCC2CC2)c1. The molecule has 0 aromatic heterocycles. The van der Waals surface area contributed by atoms with E-state index in [1.54, 1.807) is 7.11 Å². The fourth-order valence-corrected chi connectivity index (χ4v) is 1.94. The van der Waals surface area contributed by atoms with Crippen molar-refractivity contribution in [2.75, 3.05) is 20.3 Å². The lowest BCUT2D eigenvalue weighted by Crippen LogP contribution is -2.12. The average molecular weight is 249 g/mol. The van der Waals surface area contributed by atoms with E-state index < -0.39 is 0 Å². The molecule has 0 radical (unpaired) electrons. The second-order valence-corrected chi connectivity index (χ2v) is 4.89. The van der Waals surface area contributed by atoms with Crippen LogP contribution in [0.4, 0.5) is 0 Å². The minimum atomic E-state index is 0.652. The van der Waals surface area contributed by atoms with Crippen molar-refractivity contribution in [3.63, 3.8) is 0 Å². The molecule has 1 aromatic rings. The van der Waals surface area contributed by atoms with Crippen LogP contribution in [0.3, 0.4) is 0 Å². The molecule has 1 aromatic carbocycles. The molecule has 0 amide bonds. The predicted molar refractivity (Wildman–Crippen MR) is 72.8 cm³/mol. The number of hydrogen-bond acceptors (Lipinski definition) is 3. The first-order chi connectivity index (χ1) is 8.83. The van der Waals surface area contributed by atoms with Gasteiger partial charge in [-0.3, -0.25) is 0 Å². The van der Waals surface area contributed by atoms with Gasteiger partial charge in [0.1, 0.15) is 5.75 Å². The summed E-state index contributed by atoms with van der Waals surface area (Å²) in [5.41, 5.74) is 2.43. The molecule has 3 nitrogen and oxygen atoms in total. The topological polar surface area (TPSA) is 30.5 Å². The molecule has 1 aliphatic rings. The Morgan fingerprint density at radius 2 is 2.17 bits per heavy atom. The van der Waals surface area contributed by atoms with Crippen LogP contribution in [0, 0.1) is 5.92 Å². The van der Waals surface area contributed by atoms with Gasteiger partial charge >= 0.3 is 0 Å².